The average Bonchev–Trinajstić information content (AvgIpc) is 3.06. The molecule has 0 unspecified atom stereocenters. The first-order valence-corrected chi connectivity index (χ1v) is 8.71. The summed E-state index contributed by atoms with van der Waals surface area (Å²) in [5.74, 6) is 0. The minimum atomic E-state index is 0.880. The van der Waals surface area contributed by atoms with Gasteiger partial charge < -0.3 is 0 Å². The van der Waals surface area contributed by atoms with Crippen molar-refractivity contribution in [2.75, 3.05) is 0 Å². The van der Waals surface area contributed by atoms with Crippen LogP contribution in [0.3, 0.4) is 0 Å². The van der Waals surface area contributed by atoms with Gasteiger partial charge in [0.1, 0.15) is 0 Å². The monoisotopic (exact) mass is 327 g/mol. The number of hydrogen-bond donors (Lipinski definition) is 0. The number of rotatable bonds is 3. The molecule has 0 aliphatic carbocycles. The molecule has 0 aliphatic heterocycles. The maximum absolute atomic E-state index is 4.69. The second-order valence-electron chi connectivity index (χ2n) is 5.11. The van der Waals surface area contributed by atoms with Crippen molar-refractivity contribution in [1.82, 2.24) is 4.68 Å². The van der Waals surface area contributed by atoms with Crippen LogP contribution in [-0.2, 0) is 0 Å². The lowest BCUT2D eigenvalue weighted by atomic mass is 10.2. The predicted octanol–water partition coefficient (Wildman–Crippen LogP) is 4.65. The molecular weight excluding hydrogens is 310 g/mol. The second-order valence-corrected chi connectivity index (χ2v) is 7.27. The smallest absolute Gasteiger partial charge is 0.211 e. The maximum atomic E-state index is 4.69. The number of nitrogens with zero attached hydrogens (tertiary/aromatic N) is 3. The van der Waals surface area contributed by atoms with Crippen molar-refractivity contribution >= 4 is 34.6 Å². The Hall–Kier alpha value is -1.98. The van der Waals surface area contributed by atoms with Crippen LogP contribution in [0.5, 0.6) is 0 Å². The first kappa shape index (κ1) is 14.9. The van der Waals surface area contributed by atoms with E-state index in [2.05, 4.69) is 48.6 Å². The van der Waals surface area contributed by atoms with E-state index in [-0.39, 0.29) is 0 Å². The molecule has 0 saturated heterocycles. The molecule has 0 amide bonds. The molecule has 2 aromatic heterocycles. The molecule has 0 radical (unpaired) electrons. The fraction of sp³-hybridized carbons (Fsp3) is 0.176. The van der Waals surface area contributed by atoms with Crippen LogP contribution >= 0.6 is 22.7 Å². The highest BCUT2D eigenvalue weighted by Gasteiger charge is 2.00. The summed E-state index contributed by atoms with van der Waals surface area (Å²) in [7, 11) is 0. The second kappa shape index (κ2) is 6.42. The molecule has 0 aliphatic rings. The normalized spacial score (nSPS) is 12.4. The van der Waals surface area contributed by atoms with Crippen molar-refractivity contribution in [3.05, 3.63) is 67.6 Å². The van der Waals surface area contributed by atoms with Crippen LogP contribution in [0.1, 0.15) is 21.0 Å². The topological polar surface area (TPSA) is 29.6 Å². The Balaban J connectivity index is 1.97. The number of aryl methyl sites for hydroxylation is 3. The van der Waals surface area contributed by atoms with Crippen LogP contribution in [0, 0.1) is 20.8 Å². The molecule has 3 rings (SSSR count). The lowest BCUT2D eigenvalue weighted by molar-refractivity contribution is 0.810. The zero-order valence-electron chi connectivity index (χ0n) is 12.8. The summed E-state index contributed by atoms with van der Waals surface area (Å²) in [6, 6.07) is 12.4. The van der Waals surface area contributed by atoms with Crippen molar-refractivity contribution < 1.29 is 0 Å². The summed E-state index contributed by atoms with van der Waals surface area (Å²) in [5.41, 5.74) is 3.27. The molecule has 3 nitrogen and oxygen atoms in total. The highest BCUT2D eigenvalue weighted by Crippen LogP contribution is 2.14. The Bertz CT molecular complexity index is 864. The molecule has 2 heterocycles. The van der Waals surface area contributed by atoms with Crippen LogP contribution in [0.2, 0.25) is 0 Å². The summed E-state index contributed by atoms with van der Waals surface area (Å²) in [5, 5.41) is 6.66. The molecule has 0 saturated carbocycles. The third kappa shape index (κ3) is 3.43. The van der Waals surface area contributed by atoms with E-state index in [0.29, 0.717) is 0 Å². The fourth-order valence-electron chi connectivity index (χ4n) is 1.97. The van der Waals surface area contributed by atoms with E-state index in [1.54, 1.807) is 22.7 Å². The largest absolute Gasteiger partial charge is 0.220 e. The summed E-state index contributed by atoms with van der Waals surface area (Å²) in [4.78, 5) is 8.01. The lowest BCUT2D eigenvalue weighted by Crippen LogP contribution is -2.11. The highest BCUT2D eigenvalue weighted by molar-refractivity contribution is 7.13. The van der Waals surface area contributed by atoms with Crippen molar-refractivity contribution in [2.24, 2.45) is 10.1 Å². The molecule has 0 fully saturated rings. The van der Waals surface area contributed by atoms with Gasteiger partial charge in [-0.05, 0) is 45.0 Å². The molecule has 22 heavy (non-hydrogen) atoms. The number of thiazole rings is 1. The van der Waals surface area contributed by atoms with E-state index in [0.717, 1.165) is 21.1 Å². The zero-order chi connectivity index (χ0) is 15.5. The van der Waals surface area contributed by atoms with E-state index < -0.39 is 0 Å². The molecule has 112 valence electrons. The molecule has 0 atom stereocenters. The summed E-state index contributed by atoms with van der Waals surface area (Å²) in [6.45, 7) is 6.22. The van der Waals surface area contributed by atoms with Crippen molar-refractivity contribution in [1.29, 1.82) is 0 Å². The van der Waals surface area contributed by atoms with Crippen molar-refractivity contribution in [2.45, 2.75) is 20.8 Å². The predicted molar refractivity (Wildman–Crippen MR) is 95.5 cm³/mol. The first-order valence-electron chi connectivity index (χ1n) is 7.01. The minimum absolute atomic E-state index is 0.880. The zero-order valence-corrected chi connectivity index (χ0v) is 14.4. The van der Waals surface area contributed by atoms with Gasteiger partial charge in [0.05, 0.1) is 17.6 Å². The first-order chi connectivity index (χ1) is 10.6. The van der Waals surface area contributed by atoms with Gasteiger partial charge in [-0.1, -0.05) is 17.7 Å². The van der Waals surface area contributed by atoms with E-state index in [4.69, 9.17) is 4.99 Å². The van der Waals surface area contributed by atoms with Crippen LogP contribution < -0.4 is 4.80 Å². The number of thiophene rings is 1. The van der Waals surface area contributed by atoms with Crippen molar-refractivity contribution in [3.63, 3.8) is 0 Å². The van der Waals surface area contributed by atoms with Gasteiger partial charge >= 0.3 is 0 Å². The third-order valence-electron chi connectivity index (χ3n) is 3.17. The Kier molecular flexibility index (Phi) is 4.36. The van der Waals surface area contributed by atoms with Gasteiger partial charge in [0.15, 0.2) is 0 Å². The van der Waals surface area contributed by atoms with Gasteiger partial charge in [-0.3, -0.25) is 0 Å². The van der Waals surface area contributed by atoms with E-state index in [1.807, 2.05) is 29.9 Å². The molecule has 0 bridgehead atoms. The van der Waals surface area contributed by atoms with Crippen LogP contribution in [0.15, 0.2) is 51.9 Å². The number of hydrogen-bond acceptors (Lipinski definition) is 4. The SMILES string of the molecule is Cc1ccc(N=c2scc(C)n2N=Cc2ccc(C)s2)cc1. The summed E-state index contributed by atoms with van der Waals surface area (Å²) in [6.07, 6.45) is 1.89. The van der Waals surface area contributed by atoms with Gasteiger partial charge in [0.25, 0.3) is 0 Å². The minimum Gasteiger partial charge on any atom is -0.220 e. The standard InChI is InChI=1S/C17H17N3S2/c1-12-4-7-15(8-5-12)19-17-20(13(2)11-21-17)18-10-16-9-6-14(3)22-16/h4-11H,1-3H3. The molecule has 0 N–H and O–H groups in total. The van der Waals surface area contributed by atoms with Crippen molar-refractivity contribution in [3.8, 4) is 0 Å². The lowest BCUT2D eigenvalue weighted by Gasteiger charge is -1.98. The van der Waals surface area contributed by atoms with E-state index in [9.17, 15) is 0 Å². The van der Waals surface area contributed by atoms with Gasteiger partial charge in [-0.25, -0.2) is 9.67 Å². The molecule has 5 heteroatoms. The van der Waals surface area contributed by atoms with Gasteiger partial charge in [0, 0.05) is 15.1 Å². The maximum Gasteiger partial charge on any atom is 0.211 e. The van der Waals surface area contributed by atoms with Gasteiger partial charge in [-0.2, -0.15) is 5.10 Å². The molecule has 3 aromatic rings. The Morgan fingerprint density at radius 1 is 1.00 bits per heavy atom. The Morgan fingerprint density at radius 3 is 2.45 bits per heavy atom. The fourth-order valence-corrected chi connectivity index (χ4v) is 3.54. The van der Waals surface area contributed by atoms with Gasteiger partial charge in [0.2, 0.25) is 4.80 Å². The summed E-state index contributed by atoms with van der Waals surface area (Å²) < 4.78 is 1.89. The van der Waals surface area contributed by atoms with Gasteiger partial charge in [-0.15, -0.1) is 22.7 Å². The van der Waals surface area contributed by atoms with E-state index in [1.165, 1.54) is 10.4 Å². The quantitative estimate of drug-likeness (QED) is 0.627. The van der Waals surface area contributed by atoms with Crippen LogP contribution in [0.4, 0.5) is 5.69 Å². The Morgan fingerprint density at radius 2 is 1.77 bits per heavy atom. The number of aromatic nitrogens is 1. The Labute approximate surface area is 137 Å². The molecule has 1 aromatic carbocycles. The average molecular weight is 327 g/mol. The molecular formula is C17H17N3S2. The molecule has 0 spiro atoms. The third-order valence-corrected chi connectivity index (χ3v) is 5.04. The number of benzene rings is 1. The van der Waals surface area contributed by atoms with E-state index >= 15 is 0 Å². The van der Waals surface area contributed by atoms with Crippen LogP contribution in [0.25, 0.3) is 0 Å². The highest BCUT2D eigenvalue weighted by atomic mass is 32.1. The van der Waals surface area contributed by atoms with Crippen LogP contribution in [-0.4, -0.2) is 10.9 Å². The summed E-state index contributed by atoms with van der Waals surface area (Å²) >= 11 is 3.34.